The van der Waals surface area contributed by atoms with Crippen LogP contribution in [-0.4, -0.2) is 18.1 Å². The van der Waals surface area contributed by atoms with Crippen LogP contribution in [-0.2, 0) is 16.0 Å². The monoisotopic (exact) mass is 297 g/mol. The molecule has 0 amide bonds. The zero-order chi connectivity index (χ0) is 14.4. The number of halogens is 1. The van der Waals surface area contributed by atoms with Crippen molar-refractivity contribution in [2.24, 2.45) is 11.7 Å². The van der Waals surface area contributed by atoms with Gasteiger partial charge in [0.05, 0.1) is 0 Å². The van der Waals surface area contributed by atoms with Crippen LogP contribution in [0.4, 0.5) is 0 Å². The SMILES string of the molecule is C=C(C)[C@H](Cc1ccccc1)C(C)OC(=O)C(C)N.Cl. The van der Waals surface area contributed by atoms with Gasteiger partial charge in [0.1, 0.15) is 12.1 Å². The molecule has 20 heavy (non-hydrogen) atoms. The Morgan fingerprint density at radius 1 is 1.30 bits per heavy atom. The molecule has 0 aliphatic rings. The fourth-order valence-corrected chi connectivity index (χ4v) is 1.98. The molecule has 0 spiro atoms. The predicted octanol–water partition coefficient (Wildman–Crippen LogP) is 3.12. The maximum Gasteiger partial charge on any atom is 0.322 e. The fourth-order valence-electron chi connectivity index (χ4n) is 1.98. The molecule has 3 atom stereocenters. The highest BCUT2D eigenvalue weighted by Gasteiger charge is 2.23. The molecule has 0 bridgehead atoms. The van der Waals surface area contributed by atoms with Crippen molar-refractivity contribution in [3.05, 3.63) is 48.0 Å². The number of hydrogen-bond acceptors (Lipinski definition) is 3. The van der Waals surface area contributed by atoms with Crippen molar-refractivity contribution >= 4 is 18.4 Å². The van der Waals surface area contributed by atoms with E-state index in [9.17, 15) is 4.79 Å². The summed E-state index contributed by atoms with van der Waals surface area (Å²) in [6.45, 7) is 9.48. The van der Waals surface area contributed by atoms with Gasteiger partial charge in [-0.2, -0.15) is 0 Å². The first-order valence-corrected chi connectivity index (χ1v) is 6.57. The largest absolute Gasteiger partial charge is 0.461 e. The molecule has 0 saturated carbocycles. The maximum atomic E-state index is 11.6. The van der Waals surface area contributed by atoms with Gasteiger partial charge in [-0.05, 0) is 32.8 Å². The smallest absolute Gasteiger partial charge is 0.322 e. The molecule has 112 valence electrons. The highest BCUT2D eigenvalue weighted by atomic mass is 35.5. The Kier molecular flexibility index (Phi) is 8.19. The second-order valence-electron chi connectivity index (χ2n) is 5.07. The second kappa shape index (κ2) is 8.77. The molecule has 0 heterocycles. The van der Waals surface area contributed by atoms with Gasteiger partial charge in [-0.3, -0.25) is 4.79 Å². The maximum absolute atomic E-state index is 11.6. The number of benzene rings is 1. The van der Waals surface area contributed by atoms with Gasteiger partial charge < -0.3 is 10.5 Å². The van der Waals surface area contributed by atoms with Crippen molar-refractivity contribution in [3.8, 4) is 0 Å². The molecular formula is C16H24ClNO2. The number of esters is 1. The molecule has 0 aliphatic heterocycles. The predicted molar refractivity (Wildman–Crippen MR) is 84.9 cm³/mol. The van der Waals surface area contributed by atoms with Crippen LogP contribution >= 0.6 is 12.4 Å². The first kappa shape index (κ1) is 18.7. The third kappa shape index (κ3) is 5.76. The molecular weight excluding hydrogens is 274 g/mol. The molecule has 0 aromatic heterocycles. The third-order valence-electron chi connectivity index (χ3n) is 3.17. The zero-order valence-corrected chi connectivity index (χ0v) is 13.2. The van der Waals surface area contributed by atoms with Crippen LogP contribution in [0.1, 0.15) is 26.3 Å². The highest BCUT2D eigenvalue weighted by Crippen LogP contribution is 2.22. The van der Waals surface area contributed by atoms with E-state index in [1.54, 1.807) is 6.92 Å². The summed E-state index contributed by atoms with van der Waals surface area (Å²) in [6.07, 6.45) is 0.583. The highest BCUT2D eigenvalue weighted by molar-refractivity contribution is 5.85. The van der Waals surface area contributed by atoms with Crippen LogP contribution in [0.2, 0.25) is 0 Å². The number of carbonyl (C=O) groups excluding carboxylic acids is 1. The molecule has 1 rings (SSSR count). The van der Waals surface area contributed by atoms with Gasteiger partial charge in [0, 0.05) is 5.92 Å². The standard InChI is InChI=1S/C16H23NO2.ClH/c1-11(2)15(10-14-8-6-5-7-9-14)13(4)19-16(18)12(3)17;/h5-9,12-13,15H,1,10,17H2,2-4H3;1H/t12?,13?,15-;/m0./s1. The lowest BCUT2D eigenvalue weighted by molar-refractivity contribution is -0.151. The van der Waals surface area contributed by atoms with E-state index in [0.717, 1.165) is 12.0 Å². The minimum absolute atomic E-state index is 0. The average molecular weight is 298 g/mol. The Hall–Kier alpha value is -1.32. The van der Waals surface area contributed by atoms with Crippen LogP contribution in [0, 0.1) is 5.92 Å². The lowest BCUT2D eigenvalue weighted by Gasteiger charge is -2.25. The van der Waals surface area contributed by atoms with E-state index in [1.807, 2.05) is 32.0 Å². The Morgan fingerprint density at radius 2 is 1.85 bits per heavy atom. The van der Waals surface area contributed by atoms with Gasteiger partial charge in [0.25, 0.3) is 0 Å². The summed E-state index contributed by atoms with van der Waals surface area (Å²) < 4.78 is 5.38. The summed E-state index contributed by atoms with van der Waals surface area (Å²) in [5.41, 5.74) is 7.73. The summed E-state index contributed by atoms with van der Waals surface area (Å²) in [5.74, 6) is -0.267. The van der Waals surface area contributed by atoms with E-state index in [2.05, 4.69) is 18.7 Å². The van der Waals surface area contributed by atoms with Crippen molar-refractivity contribution < 1.29 is 9.53 Å². The molecule has 4 heteroatoms. The van der Waals surface area contributed by atoms with Crippen molar-refractivity contribution in [1.29, 1.82) is 0 Å². The number of rotatable bonds is 6. The molecule has 2 unspecified atom stereocenters. The van der Waals surface area contributed by atoms with E-state index in [1.165, 1.54) is 5.56 Å². The molecule has 3 nitrogen and oxygen atoms in total. The van der Waals surface area contributed by atoms with E-state index < -0.39 is 6.04 Å². The quantitative estimate of drug-likeness (QED) is 0.648. The van der Waals surface area contributed by atoms with Gasteiger partial charge in [-0.25, -0.2) is 0 Å². The summed E-state index contributed by atoms with van der Waals surface area (Å²) in [7, 11) is 0. The van der Waals surface area contributed by atoms with Crippen LogP contribution in [0.15, 0.2) is 42.5 Å². The third-order valence-corrected chi connectivity index (χ3v) is 3.17. The number of hydrogen-bond donors (Lipinski definition) is 1. The fraction of sp³-hybridized carbons (Fsp3) is 0.438. The molecule has 0 aliphatic carbocycles. The molecule has 1 aromatic carbocycles. The Bertz CT molecular complexity index is 431. The summed E-state index contributed by atoms with van der Waals surface area (Å²) in [4.78, 5) is 11.6. The van der Waals surface area contributed by atoms with E-state index in [4.69, 9.17) is 10.5 Å². The zero-order valence-electron chi connectivity index (χ0n) is 12.3. The van der Waals surface area contributed by atoms with Gasteiger partial charge in [-0.15, -0.1) is 12.4 Å². The van der Waals surface area contributed by atoms with Crippen LogP contribution in [0.25, 0.3) is 0 Å². The van der Waals surface area contributed by atoms with Crippen LogP contribution < -0.4 is 5.73 Å². The van der Waals surface area contributed by atoms with Crippen LogP contribution in [0.3, 0.4) is 0 Å². The number of ether oxygens (including phenoxy) is 1. The Balaban J connectivity index is 0.00000361. The van der Waals surface area contributed by atoms with Gasteiger partial charge in [0.2, 0.25) is 0 Å². The van der Waals surface area contributed by atoms with Gasteiger partial charge in [-0.1, -0.05) is 42.5 Å². The van der Waals surface area contributed by atoms with Gasteiger partial charge in [0.15, 0.2) is 0 Å². The van der Waals surface area contributed by atoms with E-state index in [0.29, 0.717) is 0 Å². The van der Waals surface area contributed by atoms with Crippen molar-refractivity contribution in [2.45, 2.75) is 39.3 Å². The molecule has 0 radical (unpaired) electrons. The number of nitrogens with two attached hydrogens (primary N) is 1. The normalized spacial score (nSPS) is 14.6. The van der Waals surface area contributed by atoms with Crippen molar-refractivity contribution in [1.82, 2.24) is 0 Å². The first-order valence-electron chi connectivity index (χ1n) is 6.57. The molecule has 0 fully saturated rings. The lowest BCUT2D eigenvalue weighted by Crippen LogP contribution is -2.34. The average Bonchev–Trinajstić information content (AvgIpc) is 2.36. The summed E-state index contributed by atoms with van der Waals surface area (Å²) in [6, 6.07) is 9.53. The Labute approximate surface area is 127 Å². The number of carbonyl (C=O) groups is 1. The topological polar surface area (TPSA) is 52.3 Å². The summed E-state index contributed by atoms with van der Waals surface area (Å²) >= 11 is 0. The van der Waals surface area contributed by atoms with E-state index in [-0.39, 0.29) is 30.4 Å². The van der Waals surface area contributed by atoms with Gasteiger partial charge >= 0.3 is 5.97 Å². The molecule has 1 aromatic rings. The summed E-state index contributed by atoms with van der Waals surface area (Å²) in [5, 5.41) is 0. The second-order valence-corrected chi connectivity index (χ2v) is 5.07. The lowest BCUT2D eigenvalue weighted by atomic mass is 9.89. The van der Waals surface area contributed by atoms with Crippen molar-refractivity contribution in [2.75, 3.05) is 0 Å². The minimum atomic E-state index is -0.593. The van der Waals surface area contributed by atoms with Crippen LogP contribution in [0.5, 0.6) is 0 Å². The first-order chi connectivity index (χ1) is 8.91. The van der Waals surface area contributed by atoms with E-state index >= 15 is 0 Å². The Morgan fingerprint density at radius 3 is 2.30 bits per heavy atom. The minimum Gasteiger partial charge on any atom is -0.461 e. The molecule has 2 N–H and O–H groups in total. The van der Waals surface area contributed by atoms with Crippen molar-refractivity contribution in [3.63, 3.8) is 0 Å². The molecule has 0 saturated heterocycles.